The largest absolute Gasteiger partial charge is 0.486 e. The number of fused-ring (bicyclic) bond motifs is 1. The fourth-order valence-corrected chi connectivity index (χ4v) is 2.01. The number of ether oxygens (including phenoxy) is 2. The highest BCUT2D eigenvalue weighted by atomic mass is 16.6. The highest BCUT2D eigenvalue weighted by molar-refractivity contribution is 5.93. The first kappa shape index (κ1) is 12.3. The van der Waals surface area contributed by atoms with E-state index in [1.165, 1.54) is 12.1 Å². The molecule has 0 bridgehead atoms. The monoisotopic (exact) mass is 274 g/mol. The molecule has 0 radical (unpaired) electrons. The summed E-state index contributed by atoms with van der Waals surface area (Å²) in [6.07, 6.45) is 0. The molecule has 0 spiro atoms. The molecule has 0 amide bonds. The van der Waals surface area contributed by atoms with Crippen molar-refractivity contribution in [1.82, 2.24) is 0 Å². The average Bonchev–Trinajstić information content (AvgIpc) is 2.46. The molecule has 1 aliphatic rings. The van der Waals surface area contributed by atoms with E-state index < -0.39 is 17.4 Å². The van der Waals surface area contributed by atoms with Gasteiger partial charge in [0.05, 0.1) is 0 Å². The Morgan fingerprint density at radius 1 is 1.05 bits per heavy atom. The summed E-state index contributed by atoms with van der Waals surface area (Å²) in [7, 11) is 0. The first-order valence-electron chi connectivity index (χ1n) is 5.92. The standard InChI is InChI=1S/C14H10O6/c15-12-4-2-9(13(20-12)14(16)17)8-1-3-10-11(7-8)19-6-5-18-10/h1-4,7H,5-6H2,(H,16,17). The Labute approximate surface area is 113 Å². The Hall–Kier alpha value is -2.76. The lowest BCUT2D eigenvalue weighted by molar-refractivity contribution is 0.0658. The maximum Gasteiger partial charge on any atom is 0.372 e. The van der Waals surface area contributed by atoms with Gasteiger partial charge in [-0.05, 0) is 23.8 Å². The van der Waals surface area contributed by atoms with Crippen molar-refractivity contribution >= 4 is 5.97 Å². The van der Waals surface area contributed by atoms with Crippen molar-refractivity contribution in [3.8, 4) is 22.6 Å². The quantitative estimate of drug-likeness (QED) is 0.898. The number of hydrogen-bond donors (Lipinski definition) is 1. The number of rotatable bonds is 2. The lowest BCUT2D eigenvalue weighted by Gasteiger charge is -2.19. The minimum Gasteiger partial charge on any atom is -0.486 e. The third-order valence-electron chi connectivity index (χ3n) is 2.88. The average molecular weight is 274 g/mol. The smallest absolute Gasteiger partial charge is 0.372 e. The molecule has 0 aliphatic carbocycles. The van der Waals surface area contributed by atoms with Gasteiger partial charge < -0.3 is 19.0 Å². The van der Waals surface area contributed by atoms with E-state index in [4.69, 9.17) is 19.0 Å². The topological polar surface area (TPSA) is 86.0 Å². The molecule has 1 aromatic heterocycles. The van der Waals surface area contributed by atoms with Gasteiger partial charge in [-0.2, -0.15) is 0 Å². The number of aromatic carboxylic acids is 1. The Morgan fingerprint density at radius 2 is 1.80 bits per heavy atom. The van der Waals surface area contributed by atoms with Crippen LogP contribution in [-0.2, 0) is 0 Å². The van der Waals surface area contributed by atoms with Crippen LogP contribution in [0.5, 0.6) is 11.5 Å². The van der Waals surface area contributed by atoms with Crippen LogP contribution in [0.4, 0.5) is 0 Å². The molecule has 2 aromatic rings. The van der Waals surface area contributed by atoms with E-state index in [-0.39, 0.29) is 0 Å². The molecule has 6 nitrogen and oxygen atoms in total. The van der Waals surface area contributed by atoms with Crippen LogP contribution in [-0.4, -0.2) is 24.3 Å². The zero-order chi connectivity index (χ0) is 14.1. The molecule has 3 rings (SSSR count). The van der Waals surface area contributed by atoms with Crippen LogP contribution in [0, 0.1) is 0 Å². The van der Waals surface area contributed by atoms with Crippen molar-refractivity contribution in [1.29, 1.82) is 0 Å². The van der Waals surface area contributed by atoms with Crippen molar-refractivity contribution < 1.29 is 23.8 Å². The molecule has 6 heteroatoms. The fourth-order valence-electron chi connectivity index (χ4n) is 2.01. The second kappa shape index (κ2) is 4.73. The van der Waals surface area contributed by atoms with E-state index in [0.717, 1.165) is 0 Å². The predicted octanol–water partition coefficient (Wildman–Crippen LogP) is 1.78. The van der Waals surface area contributed by atoms with Crippen LogP contribution in [0.3, 0.4) is 0 Å². The minimum absolute atomic E-state index is 0.314. The van der Waals surface area contributed by atoms with E-state index in [1.807, 2.05) is 0 Å². The molecule has 20 heavy (non-hydrogen) atoms. The summed E-state index contributed by atoms with van der Waals surface area (Å²) >= 11 is 0. The van der Waals surface area contributed by atoms with Gasteiger partial charge in [0, 0.05) is 11.6 Å². The van der Waals surface area contributed by atoms with Crippen LogP contribution in [0.25, 0.3) is 11.1 Å². The van der Waals surface area contributed by atoms with Gasteiger partial charge >= 0.3 is 11.6 Å². The van der Waals surface area contributed by atoms with E-state index in [2.05, 4.69) is 0 Å². The maximum atomic E-state index is 11.1. The van der Waals surface area contributed by atoms with Crippen LogP contribution >= 0.6 is 0 Å². The van der Waals surface area contributed by atoms with Crippen molar-refractivity contribution in [3.05, 3.63) is 46.5 Å². The molecule has 2 heterocycles. The normalized spacial score (nSPS) is 13.0. The molecule has 0 fully saturated rings. The molecular formula is C14H10O6. The lowest BCUT2D eigenvalue weighted by atomic mass is 10.0. The fraction of sp³-hybridized carbons (Fsp3) is 0.143. The van der Waals surface area contributed by atoms with Crippen LogP contribution in [0.2, 0.25) is 0 Å². The molecule has 1 aromatic carbocycles. The molecule has 0 saturated heterocycles. The van der Waals surface area contributed by atoms with Crippen molar-refractivity contribution in [2.24, 2.45) is 0 Å². The van der Waals surface area contributed by atoms with Gasteiger partial charge in [-0.25, -0.2) is 9.59 Å². The van der Waals surface area contributed by atoms with E-state index in [9.17, 15) is 9.59 Å². The van der Waals surface area contributed by atoms with E-state index in [1.54, 1.807) is 18.2 Å². The van der Waals surface area contributed by atoms with Crippen LogP contribution in [0.15, 0.2) is 39.5 Å². The summed E-state index contributed by atoms with van der Waals surface area (Å²) in [4.78, 5) is 22.3. The Morgan fingerprint density at radius 3 is 2.55 bits per heavy atom. The van der Waals surface area contributed by atoms with Crippen molar-refractivity contribution in [2.75, 3.05) is 13.2 Å². The molecule has 1 aliphatic heterocycles. The Kier molecular flexibility index (Phi) is 2.90. The molecule has 0 atom stereocenters. The van der Waals surface area contributed by atoms with Gasteiger partial charge in [-0.15, -0.1) is 0 Å². The molecular weight excluding hydrogens is 264 g/mol. The zero-order valence-electron chi connectivity index (χ0n) is 10.3. The molecule has 102 valence electrons. The highest BCUT2D eigenvalue weighted by Gasteiger charge is 2.18. The summed E-state index contributed by atoms with van der Waals surface area (Å²) in [5.41, 5.74) is 0.188. The number of hydrogen-bond acceptors (Lipinski definition) is 5. The molecule has 0 saturated carbocycles. The predicted molar refractivity (Wildman–Crippen MR) is 68.4 cm³/mol. The number of carboxylic acid groups (broad SMARTS) is 1. The number of benzene rings is 1. The van der Waals surface area contributed by atoms with Gasteiger partial charge in [0.15, 0.2) is 11.5 Å². The molecule has 1 N–H and O–H groups in total. The van der Waals surface area contributed by atoms with Crippen molar-refractivity contribution in [2.45, 2.75) is 0 Å². The summed E-state index contributed by atoms with van der Waals surface area (Å²) < 4.78 is 15.6. The van der Waals surface area contributed by atoms with Gasteiger partial charge in [0.1, 0.15) is 13.2 Å². The summed E-state index contributed by atoms with van der Waals surface area (Å²) in [5.74, 6) is -0.549. The summed E-state index contributed by atoms with van der Waals surface area (Å²) in [6, 6.07) is 7.64. The summed E-state index contributed by atoms with van der Waals surface area (Å²) in [6.45, 7) is 0.916. The Balaban J connectivity index is 2.13. The maximum absolute atomic E-state index is 11.1. The summed E-state index contributed by atoms with van der Waals surface area (Å²) in [5, 5.41) is 9.10. The van der Waals surface area contributed by atoms with Gasteiger partial charge in [-0.3, -0.25) is 0 Å². The van der Waals surface area contributed by atoms with E-state index >= 15 is 0 Å². The lowest BCUT2D eigenvalue weighted by Crippen LogP contribution is -2.15. The van der Waals surface area contributed by atoms with Gasteiger partial charge in [-0.1, -0.05) is 6.07 Å². The minimum atomic E-state index is -1.30. The van der Waals surface area contributed by atoms with Gasteiger partial charge in [0.25, 0.3) is 0 Å². The molecule has 0 unspecified atom stereocenters. The zero-order valence-corrected chi connectivity index (χ0v) is 10.3. The van der Waals surface area contributed by atoms with Crippen LogP contribution < -0.4 is 15.1 Å². The number of carboxylic acids is 1. The van der Waals surface area contributed by atoms with Crippen molar-refractivity contribution in [3.63, 3.8) is 0 Å². The first-order chi connectivity index (χ1) is 9.65. The second-order valence-electron chi connectivity index (χ2n) is 4.16. The highest BCUT2D eigenvalue weighted by Crippen LogP contribution is 2.35. The second-order valence-corrected chi connectivity index (χ2v) is 4.16. The van der Waals surface area contributed by atoms with Gasteiger partial charge in [0.2, 0.25) is 5.76 Å². The third kappa shape index (κ3) is 2.11. The van der Waals surface area contributed by atoms with E-state index in [0.29, 0.717) is 35.8 Å². The third-order valence-corrected chi connectivity index (χ3v) is 2.88. The number of carbonyl (C=O) groups is 1. The van der Waals surface area contributed by atoms with Crippen LogP contribution in [0.1, 0.15) is 10.6 Å². The first-order valence-corrected chi connectivity index (χ1v) is 5.92. The SMILES string of the molecule is O=C(O)c1oc(=O)ccc1-c1ccc2c(c1)OCCO2. The Bertz CT molecular complexity index is 731.